The Morgan fingerprint density at radius 1 is 0.500 bits per heavy atom. The third-order valence-electron chi connectivity index (χ3n) is 5.04. The van der Waals surface area contributed by atoms with Crippen LogP contribution in [-0.4, -0.2) is 11.9 Å². The second-order valence-electron chi connectivity index (χ2n) is 7.50. The van der Waals surface area contributed by atoms with E-state index in [1.165, 1.54) is 0 Å². The zero-order chi connectivity index (χ0) is 22.5. The van der Waals surface area contributed by atoms with E-state index in [0.717, 1.165) is 11.1 Å². The summed E-state index contributed by atoms with van der Waals surface area (Å²) in [5, 5.41) is 0. The SMILES string of the molecule is Cc1ccc(C(=O)Oc2ccccc2-c2ccccc2OC(=O)c2ccc(C)cc2)cc1. The Kier molecular flexibility index (Phi) is 6.13. The summed E-state index contributed by atoms with van der Waals surface area (Å²) in [6.45, 7) is 3.92. The minimum absolute atomic E-state index is 0.386. The summed E-state index contributed by atoms with van der Waals surface area (Å²) in [6, 6.07) is 28.8. The van der Waals surface area contributed by atoms with E-state index in [9.17, 15) is 9.59 Å². The molecule has 0 aliphatic rings. The predicted molar refractivity (Wildman–Crippen MR) is 124 cm³/mol. The van der Waals surface area contributed by atoms with Gasteiger partial charge in [-0.15, -0.1) is 0 Å². The van der Waals surface area contributed by atoms with Crippen molar-refractivity contribution in [2.75, 3.05) is 0 Å². The lowest BCUT2D eigenvalue weighted by Gasteiger charge is -2.14. The number of para-hydroxylation sites is 2. The first-order chi connectivity index (χ1) is 15.5. The minimum atomic E-state index is -0.452. The van der Waals surface area contributed by atoms with E-state index < -0.39 is 11.9 Å². The number of benzene rings is 4. The maximum atomic E-state index is 12.7. The van der Waals surface area contributed by atoms with Crippen LogP contribution in [0.25, 0.3) is 11.1 Å². The molecule has 0 unspecified atom stereocenters. The first-order valence-electron chi connectivity index (χ1n) is 10.3. The van der Waals surface area contributed by atoms with Gasteiger partial charge in [0, 0.05) is 11.1 Å². The van der Waals surface area contributed by atoms with E-state index in [0.29, 0.717) is 33.8 Å². The number of esters is 2. The summed E-state index contributed by atoms with van der Waals surface area (Å²) in [5.41, 5.74) is 4.35. The van der Waals surface area contributed by atoms with E-state index in [4.69, 9.17) is 9.47 Å². The molecule has 0 bridgehead atoms. The van der Waals surface area contributed by atoms with Crippen LogP contribution in [0.15, 0.2) is 97.1 Å². The molecule has 0 spiro atoms. The van der Waals surface area contributed by atoms with Gasteiger partial charge in [0.15, 0.2) is 0 Å². The first-order valence-corrected chi connectivity index (χ1v) is 10.3. The molecule has 0 aliphatic carbocycles. The van der Waals surface area contributed by atoms with Gasteiger partial charge in [0.1, 0.15) is 11.5 Å². The van der Waals surface area contributed by atoms with Gasteiger partial charge in [-0.2, -0.15) is 0 Å². The van der Waals surface area contributed by atoms with E-state index in [1.54, 1.807) is 48.5 Å². The molecule has 4 rings (SSSR count). The van der Waals surface area contributed by atoms with Gasteiger partial charge in [-0.3, -0.25) is 0 Å². The topological polar surface area (TPSA) is 52.6 Å². The smallest absolute Gasteiger partial charge is 0.343 e. The fraction of sp³-hybridized carbons (Fsp3) is 0.0714. The normalized spacial score (nSPS) is 10.4. The number of ether oxygens (including phenoxy) is 2. The molecule has 0 heterocycles. The van der Waals surface area contributed by atoms with Crippen molar-refractivity contribution in [3.05, 3.63) is 119 Å². The third-order valence-corrected chi connectivity index (χ3v) is 5.04. The monoisotopic (exact) mass is 422 g/mol. The lowest BCUT2D eigenvalue weighted by Crippen LogP contribution is -2.10. The van der Waals surface area contributed by atoms with Gasteiger partial charge in [-0.1, -0.05) is 71.8 Å². The van der Waals surface area contributed by atoms with Gasteiger partial charge in [0.05, 0.1) is 11.1 Å². The van der Waals surface area contributed by atoms with Gasteiger partial charge in [-0.05, 0) is 50.2 Å². The number of hydrogen-bond donors (Lipinski definition) is 0. The predicted octanol–water partition coefficient (Wildman–Crippen LogP) is 6.41. The second kappa shape index (κ2) is 9.31. The van der Waals surface area contributed by atoms with Crippen molar-refractivity contribution in [3.63, 3.8) is 0 Å². The number of aryl methyl sites for hydroxylation is 2. The van der Waals surface area contributed by atoms with Crippen LogP contribution in [0.4, 0.5) is 0 Å². The number of carbonyl (C=O) groups excluding carboxylic acids is 2. The molecule has 0 aromatic heterocycles. The lowest BCUT2D eigenvalue weighted by atomic mass is 10.0. The van der Waals surface area contributed by atoms with Crippen LogP contribution in [0.2, 0.25) is 0 Å². The number of carbonyl (C=O) groups is 2. The molecule has 0 N–H and O–H groups in total. The Bertz CT molecular complexity index is 1150. The average Bonchev–Trinajstić information content (AvgIpc) is 2.81. The zero-order valence-electron chi connectivity index (χ0n) is 17.9. The van der Waals surface area contributed by atoms with E-state index in [1.807, 2.05) is 62.4 Å². The van der Waals surface area contributed by atoms with E-state index >= 15 is 0 Å². The van der Waals surface area contributed by atoms with Gasteiger partial charge in [0.25, 0.3) is 0 Å². The van der Waals surface area contributed by atoms with Crippen LogP contribution in [0.5, 0.6) is 11.5 Å². The standard InChI is InChI=1S/C28H22O4/c1-19-11-15-21(16-12-19)27(29)31-25-9-5-3-7-23(25)24-8-4-6-10-26(24)32-28(30)22-17-13-20(2)14-18-22/h3-18H,1-2H3. The summed E-state index contributed by atoms with van der Waals surface area (Å²) in [6.07, 6.45) is 0. The average molecular weight is 422 g/mol. The largest absolute Gasteiger partial charge is 0.422 e. The quantitative estimate of drug-likeness (QED) is 0.275. The maximum Gasteiger partial charge on any atom is 0.343 e. The molecule has 0 fully saturated rings. The highest BCUT2D eigenvalue weighted by atomic mass is 16.5. The fourth-order valence-corrected chi connectivity index (χ4v) is 3.25. The van der Waals surface area contributed by atoms with E-state index in [2.05, 4.69) is 0 Å². The van der Waals surface area contributed by atoms with Crippen molar-refractivity contribution in [1.82, 2.24) is 0 Å². The first kappa shape index (κ1) is 21.1. The summed E-state index contributed by atoms with van der Waals surface area (Å²) in [5.74, 6) is -0.132. The van der Waals surface area contributed by atoms with Gasteiger partial charge in [0.2, 0.25) is 0 Å². The molecule has 0 atom stereocenters. The van der Waals surface area contributed by atoms with Gasteiger partial charge < -0.3 is 9.47 Å². The van der Waals surface area contributed by atoms with Gasteiger partial charge in [-0.25, -0.2) is 9.59 Å². The Morgan fingerprint density at radius 3 is 1.22 bits per heavy atom. The summed E-state index contributed by atoms with van der Waals surface area (Å²) in [7, 11) is 0. The highest BCUT2D eigenvalue weighted by Crippen LogP contribution is 2.37. The van der Waals surface area contributed by atoms with Crippen molar-refractivity contribution in [3.8, 4) is 22.6 Å². The Balaban J connectivity index is 1.63. The highest BCUT2D eigenvalue weighted by molar-refractivity contribution is 5.94. The molecule has 4 aromatic rings. The van der Waals surface area contributed by atoms with E-state index in [-0.39, 0.29) is 0 Å². The molecule has 0 aliphatic heterocycles. The van der Waals surface area contributed by atoms with Crippen LogP contribution in [0, 0.1) is 13.8 Å². The van der Waals surface area contributed by atoms with Crippen LogP contribution >= 0.6 is 0 Å². The molecule has 4 heteroatoms. The fourth-order valence-electron chi connectivity index (χ4n) is 3.25. The van der Waals surface area contributed by atoms with Crippen molar-refractivity contribution in [1.29, 1.82) is 0 Å². The molecule has 0 radical (unpaired) electrons. The number of hydrogen-bond acceptors (Lipinski definition) is 4. The van der Waals surface area contributed by atoms with Crippen LogP contribution in [0.1, 0.15) is 31.8 Å². The van der Waals surface area contributed by atoms with Crippen molar-refractivity contribution >= 4 is 11.9 Å². The lowest BCUT2D eigenvalue weighted by molar-refractivity contribution is 0.0723. The van der Waals surface area contributed by atoms with Crippen LogP contribution in [-0.2, 0) is 0 Å². The molecule has 32 heavy (non-hydrogen) atoms. The molecular formula is C28H22O4. The van der Waals surface area contributed by atoms with Gasteiger partial charge >= 0.3 is 11.9 Å². The van der Waals surface area contributed by atoms with Crippen LogP contribution in [0.3, 0.4) is 0 Å². The van der Waals surface area contributed by atoms with Crippen molar-refractivity contribution in [2.45, 2.75) is 13.8 Å². The molecule has 4 aromatic carbocycles. The van der Waals surface area contributed by atoms with Crippen molar-refractivity contribution < 1.29 is 19.1 Å². The second-order valence-corrected chi connectivity index (χ2v) is 7.50. The molecule has 4 nitrogen and oxygen atoms in total. The maximum absolute atomic E-state index is 12.7. The Hall–Kier alpha value is -4.18. The zero-order valence-corrected chi connectivity index (χ0v) is 17.9. The summed E-state index contributed by atoms with van der Waals surface area (Å²) in [4.78, 5) is 25.4. The van der Waals surface area contributed by atoms with Crippen molar-refractivity contribution in [2.24, 2.45) is 0 Å². The molecular weight excluding hydrogens is 400 g/mol. The summed E-state index contributed by atoms with van der Waals surface area (Å²) >= 11 is 0. The molecule has 0 saturated heterocycles. The molecule has 158 valence electrons. The Labute approximate surface area is 187 Å². The minimum Gasteiger partial charge on any atom is -0.422 e. The van der Waals surface area contributed by atoms with Crippen LogP contribution < -0.4 is 9.47 Å². The summed E-state index contributed by atoms with van der Waals surface area (Å²) < 4.78 is 11.4. The Morgan fingerprint density at radius 2 is 0.844 bits per heavy atom. The third kappa shape index (κ3) is 4.76. The molecule has 0 amide bonds. The number of rotatable bonds is 5. The molecule has 0 saturated carbocycles. The highest BCUT2D eigenvalue weighted by Gasteiger charge is 2.17.